The molecule has 0 aromatic heterocycles. The van der Waals surface area contributed by atoms with E-state index in [9.17, 15) is 0 Å². The molecular weight excluding hydrogens is 180 g/mol. The predicted octanol–water partition coefficient (Wildman–Crippen LogP) is 3.68. The molecule has 80 valence electrons. The fourth-order valence-corrected chi connectivity index (χ4v) is 1.74. The van der Waals surface area contributed by atoms with Gasteiger partial charge < -0.3 is 4.74 Å². The van der Waals surface area contributed by atoms with Gasteiger partial charge in [-0.15, -0.1) is 0 Å². The third-order valence-corrected chi connectivity index (χ3v) is 2.44. The summed E-state index contributed by atoms with van der Waals surface area (Å²) in [4.78, 5) is 0. The number of hydrogen-bond acceptors (Lipinski definition) is 2. The van der Waals surface area contributed by atoms with Gasteiger partial charge in [-0.1, -0.05) is 19.8 Å². The molecular formula is C11H24OS. The SMILES string of the molecule is CCCCC1CCCC(C)O1.CS. The van der Waals surface area contributed by atoms with Gasteiger partial charge in [0.1, 0.15) is 0 Å². The highest BCUT2D eigenvalue weighted by Crippen LogP contribution is 2.21. The first kappa shape index (κ1) is 13.3. The fraction of sp³-hybridized carbons (Fsp3) is 1.00. The van der Waals surface area contributed by atoms with E-state index < -0.39 is 0 Å². The summed E-state index contributed by atoms with van der Waals surface area (Å²) in [5, 5.41) is 0. The van der Waals surface area contributed by atoms with Crippen LogP contribution in [-0.2, 0) is 4.74 Å². The molecule has 0 radical (unpaired) electrons. The van der Waals surface area contributed by atoms with Crippen molar-refractivity contribution in [2.45, 2.75) is 64.6 Å². The van der Waals surface area contributed by atoms with E-state index in [1.165, 1.54) is 38.5 Å². The maximum atomic E-state index is 5.79. The Kier molecular flexibility index (Phi) is 9.10. The molecule has 0 aromatic rings. The minimum Gasteiger partial charge on any atom is -0.375 e. The van der Waals surface area contributed by atoms with Gasteiger partial charge >= 0.3 is 0 Å². The Morgan fingerprint density at radius 1 is 1.31 bits per heavy atom. The van der Waals surface area contributed by atoms with Crippen molar-refractivity contribution in [3.05, 3.63) is 0 Å². The maximum absolute atomic E-state index is 5.79. The van der Waals surface area contributed by atoms with Crippen molar-refractivity contribution in [3.63, 3.8) is 0 Å². The second kappa shape index (κ2) is 8.89. The van der Waals surface area contributed by atoms with Gasteiger partial charge in [0.15, 0.2) is 0 Å². The molecule has 0 spiro atoms. The maximum Gasteiger partial charge on any atom is 0.0578 e. The highest BCUT2D eigenvalue weighted by molar-refractivity contribution is 7.79. The highest BCUT2D eigenvalue weighted by Gasteiger charge is 2.17. The van der Waals surface area contributed by atoms with Gasteiger partial charge in [0, 0.05) is 0 Å². The van der Waals surface area contributed by atoms with E-state index in [-0.39, 0.29) is 0 Å². The molecule has 1 aliphatic heterocycles. The van der Waals surface area contributed by atoms with Crippen LogP contribution in [0.1, 0.15) is 52.4 Å². The largest absolute Gasteiger partial charge is 0.375 e. The zero-order valence-electron chi connectivity index (χ0n) is 9.25. The van der Waals surface area contributed by atoms with Crippen molar-refractivity contribution < 1.29 is 4.74 Å². The molecule has 0 bridgehead atoms. The summed E-state index contributed by atoms with van der Waals surface area (Å²) >= 11 is 3.53. The first-order valence-corrected chi connectivity index (χ1v) is 6.32. The van der Waals surface area contributed by atoms with Crippen molar-refractivity contribution in [1.82, 2.24) is 0 Å². The van der Waals surface area contributed by atoms with Crippen LogP contribution in [0.2, 0.25) is 0 Å². The monoisotopic (exact) mass is 204 g/mol. The van der Waals surface area contributed by atoms with Crippen molar-refractivity contribution >= 4 is 12.6 Å². The Labute approximate surface area is 88.7 Å². The van der Waals surface area contributed by atoms with Crippen molar-refractivity contribution in [1.29, 1.82) is 0 Å². The van der Waals surface area contributed by atoms with E-state index in [0.29, 0.717) is 12.2 Å². The predicted molar refractivity (Wildman–Crippen MR) is 62.6 cm³/mol. The van der Waals surface area contributed by atoms with Gasteiger partial charge in [-0.2, -0.15) is 12.6 Å². The summed E-state index contributed by atoms with van der Waals surface area (Å²) in [7, 11) is 0. The molecule has 1 rings (SSSR count). The number of rotatable bonds is 3. The third-order valence-electron chi connectivity index (χ3n) is 2.44. The number of hydrogen-bond donors (Lipinski definition) is 1. The average molecular weight is 204 g/mol. The van der Waals surface area contributed by atoms with Crippen LogP contribution in [0.15, 0.2) is 0 Å². The van der Waals surface area contributed by atoms with E-state index in [1.54, 1.807) is 6.26 Å². The van der Waals surface area contributed by atoms with Crippen molar-refractivity contribution in [2.24, 2.45) is 0 Å². The van der Waals surface area contributed by atoms with E-state index >= 15 is 0 Å². The van der Waals surface area contributed by atoms with E-state index in [4.69, 9.17) is 4.74 Å². The molecule has 0 aromatic carbocycles. The molecule has 2 unspecified atom stereocenters. The second-order valence-corrected chi connectivity index (χ2v) is 3.64. The van der Waals surface area contributed by atoms with Gasteiger partial charge in [0.25, 0.3) is 0 Å². The first-order chi connectivity index (χ1) is 6.33. The summed E-state index contributed by atoms with van der Waals surface area (Å²) in [6.07, 6.45) is 10.6. The van der Waals surface area contributed by atoms with Crippen LogP contribution in [0.5, 0.6) is 0 Å². The van der Waals surface area contributed by atoms with Gasteiger partial charge in [0.05, 0.1) is 12.2 Å². The smallest absolute Gasteiger partial charge is 0.0578 e. The summed E-state index contributed by atoms with van der Waals surface area (Å²) in [6.45, 7) is 4.43. The lowest BCUT2D eigenvalue weighted by atomic mass is 10.0. The molecule has 0 saturated carbocycles. The minimum atomic E-state index is 0.519. The molecule has 1 heterocycles. The lowest BCUT2D eigenvalue weighted by Gasteiger charge is -2.27. The number of thiol groups is 1. The Hall–Kier alpha value is 0.310. The molecule has 1 saturated heterocycles. The van der Waals surface area contributed by atoms with Crippen LogP contribution in [0.25, 0.3) is 0 Å². The van der Waals surface area contributed by atoms with Crippen LogP contribution in [-0.4, -0.2) is 18.5 Å². The number of unbranched alkanes of at least 4 members (excludes halogenated alkanes) is 1. The molecule has 13 heavy (non-hydrogen) atoms. The Morgan fingerprint density at radius 2 is 2.00 bits per heavy atom. The van der Waals surface area contributed by atoms with Gasteiger partial charge in [-0.25, -0.2) is 0 Å². The van der Waals surface area contributed by atoms with Gasteiger partial charge in [-0.05, 0) is 38.9 Å². The fourth-order valence-electron chi connectivity index (χ4n) is 1.74. The molecule has 0 amide bonds. The average Bonchev–Trinajstić information content (AvgIpc) is 2.18. The zero-order chi connectivity index (χ0) is 10.1. The molecule has 0 aliphatic carbocycles. The molecule has 1 fully saturated rings. The van der Waals surface area contributed by atoms with Gasteiger partial charge in [0.2, 0.25) is 0 Å². The lowest BCUT2D eigenvalue weighted by molar-refractivity contribution is -0.0439. The standard InChI is InChI=1S/C10H20O.CH4S/c1-3-4-7-10-8-5-6-9(2)11-10;1-2/h9-10H,3-8H2,1-2H3;2H,1H3. The lowest BCUT2D eigenvalue weighted by Crippen LogP contribution is -2.25. The molecule has 0 N–H and O–H groups in total. The molecule has 2 atom stereocenters. The zero-order valence-corrected chi connectivity index (χ0v) is 10.1. The van der Waals surface area contributed by atoms with Crippen LogP contribution in [0.3, 0.4) is 0 Å². The molecule has 1 aliphatic rings. The number of ether oxygens (including phenoxy) is 1. The quantitative estimate of drug-likeness (QED) is 0.690. The summed E-state index contributed by atoms with van der Waals surface area (Å²) in [5.74, 6) is 0. The Bertz CT molecular complexity index is 106. The third kappa shape index (κ3) is 6.39. The van der Waals surface area contributed by atoms with Crippen molar-refractivity contribution in [3.8, 4) is 0 Å². The normalized spacial score (nSPS) is 27.7. The summed E-state index contributed by atoms with van der Waals surface area (Å²) < 4.78 is 5.79. The van der Waals surface area contributed by atoms with E-state index in [2.05, 4.69) is 26.5 Å². The van der Waals surface area contributed by atoms with Crippen molar-refractivity contribution in [2.75, 3.05) is 6.26 Å². The Morgan fingerprint density at radius 3 is 2.54 bits per heavy atom. The summed E-state index contributed by atoms with van der Waals surface area (Å²) in [5.41, 5.74) is 0. The summed E-state index contributed by atoms with van der Waals surface area (Å²) in [6, 6.07) is 0. The van der Waals surface area contributed by atoms with Crippen LogP contribution < -0.4 is 0 Å². The minimum absolute atomic E-state index is 0.519. The second-order valence-electron chi connectivity index (χ2n) is 3.64. The highest BCUT2D eigenvalue weighted by atomic mass is 32.1. The van der Waals surface area contributed by atoms with E-state index in [0.717, 1.165) is 0 Å². The van der Waals surface area contributed by atoms with E-state index in [1.807, 2.05) is 0 Å². The van der Waals surface area contributed by atoms with Gasteiger partial charge in [-0.3, -0.25) is 0 Å². The topological polar surface area (TPSA) is 9.23 Å². The van der Waals surface area contributed by atoms with Crippen LogP contribution in [0, 0.1) is 0 Å². The molecule has 2 heteroatoms. The van der Waals surface area contributed by atoms with Crippen LogP contribution >= 0.6 is 12.6 Å². The molecule has 1 nitrogen and oxygen atoms in total. The van der Waals surface area contributed by atoms with Crippen LogP contribution in [0.4, 0.5) is 0 Å². The Balaban J connectivity index is 0.000000671. The first-order valence-electron chi connectivity index (χ1n) is 5.43.